The number of hydrogen-bond donors (Lipinski definition) is 0. The Hall–Kier alpha value is -3.02. The fourth-order valence-corrected chi connectivity index (χ4v) is 4.60. The van der Waals surface area contributed by atoms with Gasteiger partial charge in [-0.1, -0.05) is 60.1 Å². The number of para-hydroxylation sites is 1. The van der Waals surface area contributed by atoms with Crippen molar-refractivity contribution in [3.05, 3.63) is 94.5 Å². The van der Waals surface area contributed by atoms with E-state index in [4.69, 9.17) is 25.8 Å². The molecule has 2 aliphatic heterocycles. The van der Waals surface area contributed by atoms with Crippen molar-refractivity contribution in [3.63, 3.8) is 0 Å². The second kappa shape index (κ2) is 8.61. The predicted octanol–water partition coefficient (Wildman–Crippen LogP) is 5.94. The fraction of sp³-hybridized carbons (Fsp3) is 0.240. The first-order valence-corrected chi connectivity index (χ1v) is 10.7. The van der Waals surface area contributed by atoms with Crippen LogP contribution in [0.2, 0.25) is 5.02 Å². The molecule has 1 fully saturated rings. The number of nitrogens with zero attached hydrogens (tertiary/aromatic N) is 1. The Labute approximate surface area is 186 Å². The van der Waals surface area contributed by atoms with Gasteiger partial charge in [-0.25, -0.2) is 4.79 Å². The Balaban J connectivity index is 1.28. The molecule has 5 rings (SSSR count). The SMILES string of the molecule is O=C(OCc1ccccc1)OCN1CC2c3ccccc3Oc3ccc(Cl)cc3C2C1. The quantitative estimate of drug-likeness (QED) is 0.474. The number of halogens is 1. The number of fused-ring (bicyclic) bond motifs is 5. The van der Waals surface area contributed by atoms with Crippen LogP contribution in [0.15, 0.2) is 72.8 Å². The largest absolute Gasteiger partial charge is 0.509 e. The zero-order valence-electron chi connectivity index (χ0n) is 16.9. The normalized spacial score (nSPS) is 19.4. The zero-order valence-corrected chi connectivity index (χ0v) is 17.6. The van der Waals surface area contributed by atoms with Crippen LogP contribution in [-0.2, 0) is 16.1 Å². The molecule has 2 unspecified atom stereocenters. The summed E-state index contributed by atoms with van der Waals surface area (Å²) in [5.41, 5.74) is 3.17. The number of carbonyl (C=O) groups is 1. The van der Waals surface area contributed by atoms with Gasteiger partial charge in [0.15, 0.2) is 0 Å². The van der Waals surface area contributed by atoms with E-state index in [2.05, 4.69) is 11.0 Å². The third kappa shape index (κ3) is 4.24. The van der Waals surface area contributed by atoms with Crippen LogP contribution in [0.25, 0.3) is 0 Å². The Bertz CT molecular complexity index is 1090. The van der Waals surface area contributed by atoms with Crippen LogP contribution in [0.1, 0.15) is 28.5 Å². The molecular formula is C25H22ClNO4. The van der Waals surface area contributed by atoms with Crippen LogP contribution < -0.4 is 4.74 Å². The summed E-state index contributed by atoms with van der Waals surface area (Å²) in [4.78, 5) is 14.2. The van der Waals surface area contributed by atoms with E-state index in [-0.39, 0.29) is 25.2 Å². The summed E-state index contributed by atoms with van der Waals surface area (Å²) in [5, 5.41) is 0.686. The summed E-state index contributed by atoms with van der Waals surface area (Å²) < 4.78 is 16.8. The van der Waals surface area contributed by atoms with E-state index < -0.39 is 6.16 Å². The highest BCUT2D eigenvalue weighted by Gasteiger charge is 2.40. The van der Waals surface area contributed by atoms with Gasteiger partial charge in [0.2, 0.25) is 0 Å². The Morgan fingerprint density at radius 2 is 1.61 bits per heavy atom. The lowest BCUT2D eigenvalue weighted by molar-refractivity contribution is 0.0148. The standard InChI is InChI=1S/C25H22ClNO4/c26-18-10-11-24-20(12-18)22-14-27(13-21(22)19-8-4-5-9-23(19)31-24)16-30-25(28)29-15-17-6-2-1-3-7-17/h1-12,21-22H,13-16H2. The Morgan fingerprint density at radius 1 is 0.903 bits per heavy atom. The zero-order chi connectivity index (χ0) is 21.2. The molecule has 5 nitrogen and oxygen atoms in total. The molecule has 0 saturated carbocycles. The van der Waals surface area contributed by atoms with Crippen LogP contribution in [0.5, 0.6) is 11.5 Å². The average molecular weight is 436 g/mol. The molecule has 0 N–H and O–H groups in total. The first-order chi connectivity index (χ1) is 15.2. The van der Waals surface area contributed by atoms with Crippen molar-refractivity contribution in [3.8, 4) is 11.5 Å². The molecule has 31 heavy (non-hydrogen) atoms. The summed E-state index contributed by atoms with van der Waals surface area (Å²) in [6.07, 6.45) is -0.664. The van der Waals surface area contributed by atoms with Crippen molar-refractivity contribution in [2.24, 2.45) is 0 Å². The molecule has 0 amide bonds. The van der Waals surface area contributed by atoms with E-state index >= 15 is 0 Å². The molecule has 0 radical (unpaired) electrons. The molecule has 0 bridgehead atoms. The molecule has 1 saturated heterocycles. The topological polar surface area (TPSA) is 48.0 Å². The van der Waals surface area contributed by atoms with Crippen molar-refractivity contribution >= 4 is 17.8 Å². The van der Waals surface area contributed by atoms with Gasteiger partial charge >= 0.3 is 6.16 Å². The number of benzene rings is 3. The monoisotopic (exact) mass is 435 g/mol. The number of ether oxygens (including phenoxy) is 3. The van der Waals surface area contributed by atoms with Crippen LogP contribution in [0.3, 0.4) is 0 Å². The highest BCUT2D eigenvalue weighted by Crippen LogP contribution is 2.50. The van der Waals surface area contributed by atoms with E-state index in [1.807, 2.05) is 66.7 Å². The third-order valence-corrected chi connectivity index (χ3v) is 6.10. The predicted molar refractivity (Wildman–Crippen MR) is 118 cm³/mol. The molecule has 0 aliphatic carbocycles. The van der Waals surface area contributed by atoms with Gasteiger partial charge in [0.05, 0.1) is 0 Å². The molecular weight excluding hydrogens is 414 g/mol. The van der Waals surface area contributed by atoms with Gasteiger partial charge in [0.25, 0.3) is 0 Å². The van der Waals surface area contributed by atoms with Gasteiger partial charge in [0.1, 0.15) is 24.8 Å². The van der Waals surface area contributed by atoms with E-state index in [9.17, 15) is 4.79 Å². The molecule has 2 aliphatic rings. The lowest BCUT2D eigenvalue weighted by atomic mass is 9.84. The molecule has 2 atom stereocenters. The number of hydrogen-bond acceptors (Lipinski definition) is 5. The van der Waals surface area contributed by atoms with Gasteiger partial charge < -0.3 is 14.2 Å². The smallest absolute Gasteiger partial charge is 0.457 e. The second-order valence-electron chi connectivity index (χ2n) is 7.87. The minimum Gasteiger partial charge on any atom is -0.457 e. The summed E-state index contributed by atoms with van der Waals surface area (Å²) in [6.45, 7) is 1.87. The van der Waals surface area contributed by atoms with Crippen LogP contribution in [-0.4, -0.2) is 30.9 Å². The van der Waals surface area contributed by atoms with Crippen LogP contribution >= 0.6 is 11.6 Å². The van der Waals surface area contributed by atoms with Crippen molar-refractivity contribution in [1.29, 1.82) is 0 Å². The fourth-order valence-electron chi connectivity index (χ4n) is 4.42. The summed E-state index contributed by atoms with van der Waals surface area (Å²) in [5.74, 6) is 2.11. The van der Waals surface area contributed by atoms with Crippen LogP contribution in [0, 0.1) is 0 Å². The highest BCUT2D eigenvalue weighted by atomic mass is 35.5. The molecule has 0 spiro atoms. The first-order valence-electron chi connectivity index (χ1n) is 10.3. The summed E-state index contributed by atoms with van der Waals surface area (Å²) in [7, 11) is 0. The van der Waals surface area contributed by atoms with Gasteiger partial charge in [-0.05, 0) is 35.4 Å². The van der Waals surface area contributed by atoms with Crippen LogP contribution in [0.4, 0.5) is 4.79 Å². The van der Waals surface area contributed by atoms with E-state index in [1.54, 1.807) is 0 Å². The Kier molecular flexibility index (Phi) is 5.53. The first kappa shape index (κ1) is 19.9. The molecule has 2 heterocycles. The number of rotatable bonds is 4. The minimum absolute atomic E-state index is 0.180. The number of likely N-dealkylation sites (tertiary alicyclic amines) is 1. The van der Waals surface area contributed by atoms with Crippen molar-refractivity contribution in [2.75, 3.05) is 19.8 Å². The van der Waals surface area contributed by atoms with Crippen molar-refractivity contribution < 1.29 is 19.0 Å². The van der Waals surface area contributed by atoms with Crippen molar-refractivity contribution in [1.82, 2.24) is 4.90 Å². The van der Waals surface area contributed by atoms with E-state index in [0.717, 1.165) is 41.3 Å². The highest BCUT2D eigenvalue weighted by molar-refractivity contribution is 6.30. The van der Waals surface area contributed by atoms with Gasteiger partial charge in [-0.15, -0.1) is 0 Å². The third-order valence-electron chi connectivity index (χ3n) is 5.87. The minimum atomic E-state index is -0.664. The lowest BCUT2D eigenvalue weighted by Crippen LogP contribution is -2.26. The average Bonchev–Trinajstić information content (AvgIpc) is 3.17. The van der Waals surface area contributed by atoms with E-state index in [1.165, 1.54) is 0 Å². The summed E-state index contributed by atoms with van der Waals surface area (Å²) in [6, 6.07) is 23.4. The van der Waals surface area contributed by atoms with Gasteiger partial charge in [-0.3, -0.25) is 4.90 Å². The molecule has 0 aromatic heterocycles. The lowest BCUT2D eigenvalue weighted by Gasteiger charge is -2.17. The maximum absolute atomic E-state index is 12.1. The summed E-state index contributed by atoms with van der Waals surface area (Å²) >= 11 is 6.30. The maximum atomic E-state index is 12.1. The maximum Gasteiger partial charge on any atom is 0.509 e. The molecule has 3 aromatic rings. The van der Waals surface area contributed by atoms with Crippen molar-refractivity contribution in [2.45, 2.75) is 18.4 Å². The molecule has 158 valence electrons. The van der Waals surface area contributed by atoms with Gasteiger partial charge in [-0.2, -0.15) is 0 Å². The molecule has 3 aromatic carbocycles. The van der Waals surface area contributed by atoms with E-state index in [0.29, 0.717) is 5.02 Å². The Morgan fingerprint density at radius 3 is 2.45 bits per heavy atom. The number of carbonyl (C=O) groups excluding carboxylic acids is 1. The van der Waals surface area contributed by atoms with Gasteiger partial charge in [0, 0.05) is 35.5 Å². The molecule has 6 heteroatoms. The second-order valence-corrected chi connectivity index (χ2v) is 8.31.